The number of carbonyl (C=O) groups excluding carboxylic acids is 1. The lowest BCUT2D eigenvalue weighted by Crippen LogP contribution is -2.51. The first-order chi connectivity index (χ1) is 20.6. The molecule has 0 aliphatic carbocycles. The summed E-state index contributed by atoms with van der Waals surface area (Å²) in [6, 6.07) is 18.0. The number of benzene rings is 3. The first-order valence-corrected chi connectivity index (χ1v) is 15.8. The third-order valence-corrected chi connectivity index (χ3v) is 10.5. The molecule has 6 rings (SSSR count). The number of esters is 1. The van der Waals surface area contributed by atoms with Gasteiger partial charge in [-0.3, -0.25) is 9.80 Å². The van der Waals surface area contributed by atoms with Crippen LogP contribution in [0.15, 0.2) is 71.8 Å². The molecule has 3 aromatic carbocycles. The molecule has 0 spiro atoms. The Hall–Kier alpha value is -3.73. The van der Waals surface area contributed by atoms with Crippen molar-refractivity contribution >= 4 is 26.9 Å². The van der Waals surface area contributed by atoms with E-state index in [1.54, 1.807) is 49.7 Å². The Morgan fingerprint density at radius 2 is 1.70 bits per heavy atom. The highest BCUT2D eigenvalue weighted by Gasteiger charge is 2.41. The largest absolute Gasteiger partial charge is 0.496 e. The molecule has 0 saturated carbocycles. The summed E-state index contributed by atoms with van der Waals surface area (Å²) in [5, 5.41) is 0.796. The van der Waals surface area contributed by atoms with Gasteiger partial charge in [0.25, 0.3) is 10.0 Å². The molecule has 2 saturated heterocycles. The number of methoxy groups -OCH3 is 2. The number of carbonyl (C=O) groups is 1. The number of aromatic nitrogens is 1. The minimum Gasteiger partial charge on any atom is -0.496 e. The van der Waals surface area contributed by atoms with Crippen molar-refractivity contribution in [1.82, 2.24) is 13.8 Å². The predicted molar refractivity (Wildman–Crippen MR) is 163 cm³/mol. The van der Waals surface area contributed by atoms with E-state index in [-0.39, 0.29) is 17.0 Å². The van der Waals surface area contributed by atoms with E-state index >= 15 is 0 Å². The van der Waals surface area contributed by atoms with E-state index in [0.29, 0.717) is 49.4 Å². The number of alkyl halides is 1. The van der Waals surface area contributed by atoms with Crippen molar-refractivity contribution < 1.29 is 27.1 Å². The van der Waals surface area contributed by atoms with Gasteiger partial charge in [0.05, 0.1) is 30.2 Å². The van der Waals surface area contributed by atoms with Gasteiger partial charge in [-0.25, -0.2) is 21.6 Å². The molecule has 3 atom stereocenters. The second-order valence-corrected chi connectivity index (χ2v) is 13.4. The summed E-state index contributed by atoms with van der Waals surface area (Å²) >= 11 is 0. The van der Waals surface area contributed by atoms with Crippen LogP contribution in [0.3, 0.4) is 0 Å². The van der Waals surface area contributed by atoms with E-state index in [2.05, 4.69) is 9.80 Å². The minimum absolute atomic E-state index is 0.0762. The minimum atomic E-state index is -3.84. The molecule has 8 nitrogen and oxygen atoms in total. The first kappa shape index (κ1) is 29.3. The second kappa shape index (κ2) is 11.4. The van der Waals surface area contributed by atoms with Crippen molar-refractivity contribution in [3.63, 3.8) is 0 Å². The molecule has 43 heavy (non-hydrogen) atoms. The van der Waals surface area contributed by atoms with Crippen molar-refractivity contribution in [2.45, 2.75) is 50.0 Å². The Bertz CT molecular complexity index is 1770. The maximum atomic E-state index is 14.5. The number of aryl methyl sites for hydroxylation is 2. The van der Waals surface area contributed by atoms with Crippen LogP contribution in [0.4, 0.5) is 4.39 Å². The van der Waals surface area contributed by atoms with Crippen LogP contribution in [0.1, 0.15) is 45.1 Å². The van der Waals surface area contributed by atoms with Crippen LogP contribution in [0.25, 0.3) is 10.9 Å². The third kappa shape index (κ3) is 5.32. The SMILES string of the molecule is COC(=O)c1ccc(C2CN3C[C@@H](F)C[C@@H]3CN2Cc2c(OC)cc(C)c3c2ccn3S(=O)(=O)c2ccc(C)cc2)cc1. The molecule has 0 N–H and O–H groups in total. The van der Waals surface area contributed by atoms with Crippen LogP contribution in [-0.4, -0.2) is 74.2 Å². The van der Waals surface area contributed by atoms with Gasteiger partial charge >= 0.3 is 5.97 Å². The highest BCUT2D eigenvalue weighted by Crippen LogP contribution is 2.39. The number of rotatable bonds is 7. The molecular formula is C33H36FN3O5S. The zero-order chi connectivity index (χ0) is 30.5. The quantitative estimate of drug-likeness (QED) is 0.266. The molecule has 1 aromatic heterocycles. The van der Waals surface area contributed by atoms with Crippen molar-refractivity contribution in [3.8, 4) is 5.75 Å². The number of ether oxygens (including phenoxy) is 2. The third-order valence-electron chi connectivity index (χ3n) is 8.84. The zero-order valence-corrected chi connectivity index (χ0v) is 25.6. The lowest BCUT2D eigenvalue weighted by molar-refractivity contribution is 0.0441. The normalized spacial score (nSPS) is 21.2. The summed E-state index contributed by atoms with van der Waals surface area (Å²) in [6.45, 7) is 5.98. The van der Waals surface area contributed by atoms with Gasteiger partial charge in [-0.05, 0) is 67.8 Å². The average Bonchev–Trinajstić information content (AvgIpc) is 3.62. The van der Waals surface area contributed by atoms with E-state index in [1.807, 2.05) is 38.1 Å². The van der Waals surface area contributed by atoms with Crippen LogP contribution < -0.4 is 4.74 Å². The van der Waals surface area contributed by atoms with Crippen molar-refractivity contribution in [1.29, 1.82) is 0 Å². The fourth-order valence-corrected chi connectivity index (χ4v) is 8.03. The van der Waals surface area contributed by atoms with Gasteiger partial charge < -0.3 is 9.47 Å². The molecule has 10 heteroatoms. The number of fused-ring (bicyclic) bond motifs is 2. The Kier molecular flexibility index (Phi) is 7.78. The van der Waals surface area contributed by atoms with Crippen LogP contribution in [0, 0.1) is 13.8 Å². The fraction of sp³-hybridized carbons (Fsp3) is 0.364. The molecule has 0 bridgehead atoms. The Morgan fingerprint density at radius 1 is 0.977 bits per heavy atom. The summed E-state index contributed by atoms with van der Waals surface area (Å²) < 4.78 is 54.2. The van der Waals surface area contributed by atoms with Crippen molar-refractivity contribution in [2.75, 3.05) is 33.9 Å². The molecule has 2 aliphatic heterocycles. The number of hydrogen-bond donors (Lipinski definition) is 0. The highest BCUT2D eigenvalue weighted by molar-refractivity contribution is 7.90. The molecule has 2 fully saturated rings. The topological polar surface area (TPSA) is 81.1 Å². The van der Waals surface area contributed by atoms with Crippen LogP contribution >= 0.6 is 0 Å². The van der Waals surface area contributed by atoms with Crippen LogP contribution in [0.2, 0.25) is 0 Å². The molecular weight excluding hydrogens is 569 g/mol. The predicted octanol–water partition coefficient (Wildman–Crippen LogP) is 5.26. The summed E-state index contributed by atoms with van der Waals surface area (Å²) in [5.41, 5.74) is 4.73. The van der Waals surface area contributed by atoms with Crippen molar-refractivity contribution in [3.05, 3.63) is 94.7 Å². The highest BCUT2D eigenvalue weighted by atomic mass is 32.2. The number of nitrogens with zero attached hydrogens (tertiary/aromatic N) is 3. The number of halogens is 1. The Morgan fingerprint density at radius 3 is 2.37 bits per heavy atom. The summed E-state index contributed by atoms with van der Waals surface area (Å²) in [4.78, 5) is 16.8. The van der Waals surface area contributed by atoms with Crippen LogP contribution in [-0.2, 0) is 21.3 Å². The maximum Gasteiger partial charge on any atom is 0.337 e. The molecule has 226 valence electrons. The zero-order valence-electron chi connectivity index (χ0n) is 24.8. The summed E-state index contributed by atoms with van der Waals surface area (Å²) in [5.74, 6) is 0.274. The smallest absolute Gasteiger partial charge is 0.337 e. The van der Waals surface area contributed by atoms with Gasteiger partial charge in [0.2, 0.25) is 0 Å². The van der Waals surface area contributed by atoms with E-state index in [4.69, 9.17) is 9.47 Å². The van der Waals surface area contributed by atoms with Gasteiger partial charge in [-0.1, -0.05) is 29.8 Å². The first-order valence-electron chi connectivity index (χ1n) is 14.4. The lowest BCUT2D eigenvalue weighted by Gasteiger charge is -2.44. The lowest BCUT2D eigenvalue weighted by atomic mass is 9.96. The van der Waals surface area contributed by atoms with E-state index in [0.717, 1.165) is 27.6 Å². The molecule has 4 aromatic rings. The average molecular weight is 606 g/mol. The molecule has 3 heterocycles. The molecule has 0 radical (unpaired) electrons. The van der Waals surface area contributed by atoms with Gasteiger partial charge in [-0.2, -0.15) is 0 Å². The monoisotopic (exact) mass is 605 g/mol. The van der Waals surface area contributed by atoms with E-state index in [9.17, 15) is 17.6 Å². The van der Waals surface area contributed by atoms with Gasteiger partial charge in [-0.15, -0.1) is 0 Å². The number of piperazine rings is 1. The Balaban J connectivity index is 1.42. The Labute approximate surface area is 251 Å². The van der Waals surface area contributed by atoms with E-state index in [1.165, 1.54) is 11.1 Å². The van der Waals surface area contributed by atoms with Gasteiger partial charge in [0.15, 0.2) is 0 Å². The van der Waals surface area contributed by atoms with Gasteiger partial charge in [0, 0.05) is 55.4 Å². The molecule has 1 unspecified atom stereocenters. The van der Waals surface area contributed by atoms with E-state index < -0.39 is 22.2 Å². The van der Waals surface area contributed by atoms with Crippen molar-refractivity contribution in [2.24, 2.45) is 0 Å². The molecule has 0 amide bonds. The second-order valence-electron chi connectivity index (χ2n) is 11.6. The van der Waals surface area contributed by atoms with Crippen LogP contribution in [0.5, 0.6) is 5.75 Å². The summed E-state index contributed by atoms with van der Waals surface area (Å²) in [6.07, 6.45) is 1.23. The fourth-order valence-electron chi connectivity index (χ4n) is 6.62. The van der Waals surface area contributed by atoms with Gasteiger partial charge in [0.1, 0.15) is 11.9 Å². The maximum absolute atomic E-state index is 14.5. The number of hydrogen-bond acceptors (Lipinski definition) is 7. The molecule has 2 aliphatic rings. The standard InChI is InChI=1S/C33H36FN3O5S/c1-21-5-11-27(12-6-21)43(39,40)37-14-13-28-29(31(41-3)15-22(2)32(28)37)19-36-18-26-16-25(34)17-35(26)20-30(36)23-7-9-24(10-8-23)33(38)42-4/h5-15,25-26,30H,16-20H2,1-4H3/t25-,26+,30?/m0/s1. The summed E-state index contributed by atoms with van der Waals surface area (Å²) in [7, 11) is -0.863.